The van der Waals surface area contributed by atoms with Crippen LogP contribution in [0.1, 0.15) is 20.3 Å². The van der Waals surface area contributed by atoms with Crippen LogP contribution in [0.2, 0.25) is 0 Å². The molecule has 0 atom stereocenters. The molecule has 0 bridgehead atoms. The number of carbonyl (C=O) groups is 3. The van der Waals surface area contributed by atoms with Crippen LogP contribution in [0.25, 0.3) is 0 Å². The van der Waals surface area contributed by atoms with Gasteiger partial charge in [-0.3, -0.25) is 14.9 Å². The average Bonchev–Trinajstić information content (AvgIpc) is 2.45. The van der Waals surface area contributed by atoms with Gasteiger partial charge in [-0.1, -0.05) is 6.92 Å². The highest BCUT2D eigenvalue weighted by atomic mass is 19.1. The second-order valence-electron chi connectivity index (χ2n) is 4.53. The number of urea groups is 1. The van der Waals surface area contributed by atoms with Crippen LogP contribution in [0.15, 0.2) is 18.2 Å². The molecule has 22 heavy (non-hydrogen) atoms. The molecule has 120 valence electrons. The van der Waals surface area contributed by atoms with Crippen molar-refractivity contribution >= 4 is 29.2 Å². The van der Waals surface area contributed by atoms with Crippen LogP contribution in [-0.4, -0.2) is 30.9 Å². The van der Waals surface area contributed by atoms with Crippen molar-refractivity contribution in [2.24, 2.45) is 0 Å². The van der Waals surface area contributed by atoms with Crippen molar-refractivity contribution in [3.8, 4) is 0 Å². The van der Waals surface area contributed by atoms with Gasteiger partial charge in [0.15, 0.2) is 0 Å². The van der Waals surface area contributed by atoms with Crippen LogP contribution in [0, 0.1) is 5.82 Å². The van der Waals surface area contributed by atoms with E-state index < -0.39 is 23.7 Å². The highest BCUT2D eigenvalue weighted by Gasteiger charge is 2.08. The zero-order valence-corrected chi connectivity index (χ0v) is 12.5. The fourth-order valence-corrected chi connectivity index (χ4v) is 1.56. The third kappa shape index (κ3) is 6.21. The molecule has 4 amide bonds. The minimum absolute atomic E-state index is 0.0126. The Bertz CT molecular complexity index is 563. The summed E-state index contributed by atoms with van der Waals surface area (Å²) < 4.78 is 13.4. The summed E-state index contributed by atoms with van der Waals surface area (Å²) in [6.45, 7) is 3.47. The summed E-state index contributed by atoms with van der Waals surface area (Å²) in [4.78, 5) is 33.8. The highest BCUT2D eigenvalue weighted by molar-refractivity contribution is 5.96. The van der Waals surface area contributed by atoms with Gasteiger partial charge in [-0.15, -0.1) is 0 Å². The van der Waals surface area contributed by atoms with E-state index in [9.17, 15) is 18.8 Å². The number of rotatable bonds is 6. The lowest BCUT2D eigenvalue weighted by atomic mass is 10.2. The van der Waals surface area contributed by atoms with Gasteiger partial charge in [0.05, 0.1) is 12.2 Å². The fraction of sp³-hybridized carbons (Fsp3) is 0.357. The molecular weight excluding hydrogens is 291 g/mol. The first-order chi connectivity index (χ1) is 10.4. The van der Waals surface area contributed by atoms with Crippen LogP contribution < -0.4 is 21.3 Å². The minimum atomic E-state index is -0.579. The number of benzene rings is 1. The summed E-state index contributed by atoms with van der Waals surface area (Å²) in [6, 6.07) is 3.39. The number of carbonyl (C=O) groups excluding carboxylic acids is 3. The Morgan fingerprint density at radius 3 is 2.59 bits per heavy atom. The highest BCUT2D eigenvalue weighted by Crippen LogP contribution is 2.19. The maximum atomic E-state index is 13.4. The zero-order chi connectivity index (χ0) is 16.5. The van der Waals surface area contributed by atoms with E-state index in [4.69, 9.17) is 0 Å². The lowest BCUT2D eigenvalue weighted by Gasteiger charge is -2.10. The van der Waals surface area contributed by atoms with Crippen molar-refractivity contribution in [3.05, 3.63) is 24.0 Å². The molecule has 8 heteroatoms. The Morgan fingerprint density at radius 2 is 1.95 bits per heavy atom. The molecule has 0 spiro atoms. The molecule has 7 nitrogen and oxygen atoms in total. The van der Waals surface area contributed by atoms with Crippen molar-refractivity contribution in [3.63, 3.8) is 0 Å². The van der Waals surface area contributed by atoms with Gasteiger partial charge in [-0.05, 0) is 24.6 Å². The van der Waals surface area contributed by atoms with Crippen molar-refractivity contribution in [1.29, 1.82) is 0 Å². The first-order valence-corrected chi connectivity index (χ1v) is 6.81. The predicted octanol–water partition coefficient (Wildman–Crippen LogP) is 1.43. The molecule has 0 saturated heterocycles. The molecule has 1 aromatic rings. The topological polar surface area (TPSA) is 99.3 Å². The van der Waals surface area contributed by atoms with Gasteiger partial charge in [-0.25, -0.2) is 9.18 Å². The van der Waals surface area contributed by atoms with E-state index in [0.717, 1.165) is 6.42 Å². The first kappa shape index (κ1) is 17.4. The third-order valence-corrected chi connectivity index (χ3v) is 2.52. The molecule has 0 unspecified atom stereocenters. The van der Waals surface area contributed by atoms with E-state index in [1.165, 1.54) is 25.1 Å². The largest absolute Gasteiger partial charge is 0.376 e. The second kappa shape index (κ2) is 8.60. The lowest BCUT2D eigenvalue weighted by Crippen LogP contribution is -2.42. The number of hydrogen-bond donors (Lipinski definition) is 4. The molecular formula is C14H19FN4O3. The van der Waals surface area contributed by atoms with Crippen molar-refractivity contribution < 1.29 is 18.8 Å². The maximum Gasteiger partial charge on any atom is 0.321 e. The average molecular weight is 310 g/mol. The van der Waals surface area contributed by atoms with Crippen LogP contribution in [0.3, 0.4) is 0 Å². The summed E-state index contributed by atoms with van der Waals surface area (Å²) in [5.41, 5.74) is 0.452. The smallest absolute Gasteiger partial charge is 0.321 e. The summed E-state index contributed by atoms with van der Waals surface area (Å²) >= 11 is 0. The molecule has 4 N–H and O–H groups in total. The normalized spacial score (nSPS) is 9.77. The van der Waals surface area contributed by atoms with E-state index in [0.29, 0.717) is 12.2 Å². The molecule has 0 aliphatic rings. The van der Waals surface area contributed by atoms with Gasteiger partial charge in [0.25, 0.3) is 0 Å². The van der Waals surface area contributed by atoms with Gasteiger partial charge in [0.2, 0.25) is 11.8 Å². The quantitative estimate of drug-likeness (QED) is 0.639. The van der Waals surface area contributed by atoms with Gasteiger partial charge >= 0.3 is 6.03 Å². The predicted molar refractivity (Wildman–Crippen MR) is 81.0 cm³/mol. The summed E-state index contributed by atoms with van der Waals surface area (Å²) in [5, 5.41) is 9.73. The van der Waals surface area contributed by atoms with Gasteiger partial charge in [-0.2, -0.15) is 0 Å². The molecule has 0 fully saturated rings. The van der Waals surface area contributed by atoms with Gasteiger partial charge in [0.1, 0.15) is 5.82 Å². The summed E-state index contributed by atoms with van der Waals surface area (Å²) in [5.74, 6) is -1.51. The molecule has 1 rings (SSSR count). The van der Waals surface area contributed by atoms with Crippen LogP contribution >= 0.6 is 0 Å². The lowest BCUT2D eigenvalue weighted by molar-refractivity contribution is -0.118. The first-order valence-electron chi connectivity index (χ1n) is 6.81. The van der Waals surface area contributed by atoms with E-state index >= 15 is 0 Å². The third-order valence-electron chi connectivity index (χ3n) is 2.52. The summed E-state index contributed by atoms with van der Waals surface area (Å²) in [7, 11) is 0. The van der Waals surface area contributed by atoms with Crippen molar-refractivity contribution in [2.45, 2.75) is 20.3 Å². The van der Waals surface area contributed by atoms with Crippen LogP contribution in [-0.2, 0) is 9.59 Å². The second-order valence-corrected chi connectivity index (χ2v) is 4.53. The Balaban J connectivity index is 2.52. The number of anilines is 2. The van der Waals surface area contributed by atoms with Gasteiger partial charge < -0.3 is 16.0 Å². The molecule has 0 aliphatic carbocycles. The van der Waals surface area contributed by atoms with E-state index in [2.05, 4.69) is 21.3 Å². The Labute approximate surface area is 127 Å². The molecule has 0 radical (unpaired) electrons. The van der Waals surface area contributed by atoms with Crippen LogP contribution in [0.4, 0.5) is 20.6 Å². The zero-order valence-electron chi connectivity index (χ0n) is 12.5. The minimum Gasteiger partial charge on any atom is -0.376 e. The number of nitrogens with one attached hydrogen (secondary N) is 4. The monoisotopic (exact) mass is 310 g/mol. The molecule has 0 saturated carbocycles. The SMILES string of the molecule is CCCNC(=O)NC(=O)CNc1ccc(F)c(NC(C)=O)c1. The van der Waals surface area contributed by atoms with E-state index in [1.54, 1.807) is 0 Å². The molecule has 0 aromatic heterocycles. The molecule has 1 aromatic carbocycles. The summed E-state index contributed by atoms with van der Waals surface area (Å²) in [6.07, 6.45) is 0.765. The fourth-order valence-electron chi connectivity index (χ4n) is 1.56. The molecule has 0 aliphatic heterocycles. The number of imide groups is 1. The van der Waals surface area contributed by atoms with E-state index in [1.807, 2.05) is 6.92 Å². The number of halogens is 1. The Morgan fingerprint density at radius 1 is 1.23 bits per heavy atom. The Hall–Kier alpha value is -2.64. The standard InChI is InChI=1S/C14H19FN4O3/c1-3-6-16-14(22)19-13(21)8-17-10-4-5-11(15)12(7-10)18-9(2)20/h4-5,7,17H,3,6,8H2,1-2H3,(H,18,20)(H2,16,19,21,22). The molecule has 0 heterocycles. The Kier molecular flexibility index (Phi) is 6.81. The van der Waals surface area contributed by atoms with Crippen molar-refractivity contribution in [2.75, 3.05) is 23.7 Å². The number of hydrogen-bond acceptors (Lipinski definition) is 4. The van der Waals surface area contributed by atoms with Crippen molar-refractivity contribution in [1.82, 2.24) is 10.6 Å². The maximum absolute atomic E-state index is 13.4. The van der Waals surface area contributed by atoms with E-state index in [-0.39, 0.29) is 12.2 Å². The van der Waals surface area contributed by atoms with Gasteiger partial charge in [0, 0.05) is 19.2 Å². The van der Waals surface area contributed by atoms with Crippen LogP contribution in [0.5, 0.6) is 0 Å². The number of amides is 4.